The standard InChI is InChI=1S/C16H29ClO2/c1-2-3-4-5-6-13-11-18-16(19-12-13)14-7-9-15(17)10-8-14/h13-16H,2-12H2,1H3/t13-,14-,15-,16-. The van der Waals surface area contributed by atoms with Crippen LogP contribution in [0.4, 0.5) is 0 Å². The van der Waals surface area contributed by atoms with Gasteiger partial charge in [0.2, 0.25) is 0 Å². The number of ether oxygens (including phenoxy) is 2. The molecule has 0 N–H and O–H groups in total. The summed E-state index contributed by atoms with van der Waals surface area (Å²) in [6.07, 6.45) is 11.2. The van der Waals surface area contributed by atoms with E-state index in [0.717, 1.165) is 26.1 Å². The molecule has 2 aliphatic rings. The molecule has 1 saturated carbocycles. The molecule has 0 aromatic carbocycles. The van der Waals surface area contributed by atoms with Crippen LogP contribution in [0.1, 0.15) is 64.7 Å². The first-order chi connectivity index (χ1) is 9.29. The minimum Gasteiger partial charge on any atom is -0.352 e. The molecule has 1 heterocycles. The fourth-order valence-corrected chi connectivity index (χ4v) is 3.46. The Hall–Kier alpha value is 0.210. The summed E-state index contributed by atoms with van der Waals surface area (Å²) in [6, 6.07) is 0. The summed E-state index contributed by atoms with van der Waals surface area (Å²) in [5.41, 5.74) is 0. The number of rotatable bonds is 6. The zero-order valence-corrected chi connectivity index (χ0v) is 13.0. The van der Waals surface area contributed by atoms with Crippen LogP contribution < -0.4 is 0 Å². The highest BCUT2D eigenvalue weighted by Gasteiger charge is 2.31. The average Bonchev–Trinajstić information content (AvgIpc) is 2.45. The molecule has 1 aliphatic heterocycles. The van der Waals surface area contributed by atoms with Crippen LogP contribution in [0.2, 0.25) is 0 Å². The van der Waals surface area contributed by atoms with E-state index in [1.807, 2.05) is 0 Å². The zero-order valence-electron chi connectivity index (χ0n) is 12.3. The summed E-state index contributed by atoms with van der Waals surface area (Å²) >= 11 is 6.15. The van der Waals surface area contributed by atoms with Gasteiger partial charge in [-0.1, -0.05) is 32.6 Å². The monoisotopic (exact) mass is 288 g/mol. The molecule has 0 atom stereocenters. The first-order valence-corrected chi connectivity index (χ1v) is 8.60. The summed E-state index contributed by atoms with van der Waals surface area (Å²) < 4.78 is 11.9. The van der Waals surface area contributed by atoms with Gasteiger partial charge in [-0.15, -0.1) is 11.6 Å². The molecule has 0 aromatic heterocycles. The summed E-state index contributed by atoms with van der Waals surface area (Å²) in [4.78, 5) is 0. The SMILES string of the molecule is CCCCCC[C@H]1CO[C@H]([C@H]2CC[C@H](Cl)CC2)OC1. The van der Waals surface area contributed by atoms with E-state index < -0.39 is 0 Å². The van der Waals surface area contributed by atoms with E-state index in [4.69, 9.17) is 21.1 Å². The van der Waals surface area contributed by atoms with Gasteiger partial charge in [0, 0.05) is 17.2 Å². The van der Waals surface area contributed by atoms with E-state index in [0.29, 0.717) is 17.2 Å². The van der Waals surface area contributed by atoms with Gasteiger partial charge in [0.05, 0.1) is 13.2 Å². The Balaban J connectivity index is 1.59. The predicted octanol–water partition coefficient (Wildman–Crippen LogP) is 4.74. The van der Waals surface area contributed by atoms with Gasteiger partial charge in [0.1, 0.15) is 0 Å². The van der Waals surface area contributed by atoms with Gasteiger partial charge < -0.3 is 9.47 Å². The van der Waals surface area contributed by atoms with E-state index in [2.05, 4.69) is 6.92 Å². The highest BCUT2D eigenvalue weighted by atomic mass is 35.5. The minimum absolute atomic E-state index is 0.0519. The van der Waals surface area contributed by atoms with E-state index in [1.54, 1.807) is 0 Å². The number of hydrogen-bond acceptors (Lipinski definition) is 2. The second-order valence-corrected chi connectivity index (χ2v) is 6.88. The van der Waals surface area contributed by atoms with E-state index in [1.165, 1.54) is 44.9 Å². The third kappa shape index (κ3) is 5.24. The van der Waals surface area contributed by atoms with Crippen LogP contribution >= 0.6 is 11.6 Å². The van der Waals surface area contributed by atoms with Crippen molar-refractivity contribution in [3.8, 4) is 0 Å². The largest absolute Gasteiger partial charge is 0.352 e. The van der Waals surface area contributed by atoms with E-state index in [9.17, 15) is 0 Å². The molecule has 0 radical (unpaired) electrons. The van der Waals surface area contributed by atoms with E-state index >= 15 is 0 Å². The molecule has 19 heavy (non-hydrogen) atoms. The Kier molecular flexibility index (Phi) is 6.97. The fraction of sp³-hybridized carbons (Fsp3) is 1.00. The Bertz CT molecular complexity index is 231. The molecule has 0 unspecified atom stereocenters. The predicted molar refractivity (Wildman–Crippen MR) is 79.5 cm³/mol. The van der Waals surface area contributed by atoms with Gasteiger partial charge in [0.15, 0.2) is 6.29 Å². The van der Waals surface area contributed by atoms with Crippen LogP contribution in [0.3, 0.4) is 0 Å². The number of alkyl halides is 1. The molecule has 2 nitrogen and oxygen atoms in total. The van der Waals surface area contributed by atoms with Crippen LogP contribution in [0, 0.1) is 11.8 Å². The Morgan fingerprint density at radius 1 is 0.947 bits per heavy atom. The van der Waals surface area contributed by atoms with Crippen molar-refractivity contribution in [3.05, 3.63) is 0 Å². The first kappa shape index (κ1) is 15.6. The van der Waals surface area contributed by atoms with Crippen molar-refractivity contribution in [2.45, 2.75) is 76.4 Å². The van der Waals surface area contributed by atoms with Crippen molar-refractivity contribution in [2.24, 2.45) is 11.8 Å². The van der Waals surface area contributed by atoms with Gasteiger partial charge in [-0.2, -0.15) is 0 Å². The molecule has 2 rings (SSSR count). The molecule has 112 valence electrons. The second-order valence-electron chi connectivity index (χ2n) is 6.26. The maximum Gasteiger partial charge on any atom is 0.160 e. The Morgan fingerprint density at radius 2 is 1.63 bits per heavy atom. The van der Waals surface area contributed by atoms with Gasteiger partial charge >= 0.3 is 0 Å². The minimum atomic E-state index is 0.0519. The van der Waals surface area contributed by atoms with Crippen molar-refractivity contribution >= 4 is 11.6 Å². The Labute approximate surface area is 123 Å². The summed E-state index contributed by atoms with van der Waals surface area (Å²) in [6.45, 7) is 4.06. The van der Waals surface area contributed by atoms with Crippen molar-refractivity contribution in [1.82, 2.24) is 0 Å². The van der Waals surface area contributed by atoms with Gasteiger partial charge in [0.25, 0.3) is 0 Å². The summed E-state index contributed by atoms with van der Waals surface area (Å²) in [7, 11) is 0. The van der Waals surface area contributed by atoms with Crippen molar-refractivity contribution in [3.63, 3.8) is 0 Å². The molecule has 3 heteroatoms. The molecular formula is C16H29ClO2. The highest BCUT2D eigenvalue weighted by Crippen LogP contribution is 2.33. The summed E-state index contributed by atoms with van der Waals surface area (Å²) in [5, 5.41) is 0.381. The van der Waals surface area contributed by atoms with Crippen molar-refractivity contribution < 1.29 is 9.47 Å². The third-order valence-electron chi connectivity index (χ3n) is 4.54. The molecule has 0 bridgehead atoms. The smallest absolute Gasteiger partial charge is 0.160 e. The van der Waals surface area contributed by atoms with Gasteiger partial charge in [-0.05, 0) is 32.1 Å². The number of halogens is 1. The normalized spacial score (nSPS) is 36.3. The fourth-order valence-electron chi connectivity index (χ4n) is 3.21. The average molecular weight is 289 g/mol. The second kappa shape index (κ2) is 8.49. The molecule has 0 aromatic rings. The first-order valence-electron chi connectivity index (χ1n) is 8.17. The van der Waals surface area contributed by atoms with E-state index in [-0.39, 0.29) is 6.29 Å². The summed E-state index contributed by atoms with van der Waals surface area (Å²) in [5.74, 6) is 1.20. The number of unbranched alkanes of at least 4 members (excludes halogenated alkanes) is 3. The van der Waals surface area contributed by atoms with Gasteiger partial charge in [-0.25, -0.2) is 0 Å². The molecular weight excluding hydrogens is 260 g/mol. The lowest BCUT2D eigenvalue weighted by Gasteiger charge is -2.36. The van der Waals surface area contributed by atoms with Crippen LogP contribution in [0.15, 0.2) is 0 Å². The maximum atomic E-state index is 6.15. The van der Waals surface area contributed by atoms with Crippen LogP contribution in [-0.4, -0.2) is 24.9 Å². The lowest BCUT2D eigenvalue weighted by atomic mass is 9.88. The van der Waals surface area contributed by atoms with Crippen LogP contribution in [0.25, 0.3) is 0 Å². The zero-order chi connectivity index (χ0) is 13.5. The number of hydrogen-bond donors (Lipinski definition) is 0. The molecule has 1 aliphatic carbocycles. The van der Waals surface area contributed by atoms with Crippen molar-refractivity contribution in [1.29, 1.82) is 0 Å². The highest BCUT2D eigenvalue weighted by molar-refractivity contribution is 6.20. The quantitative estimate of drug-likeness (QED) is 0.519. The van der Waals surface area contributed by atoms with Crippen LogP contribution in [0.5, 0.6) is 0 Å². The topological polar surface area (TPSA) is 18.5 Å². The van der Waals surface area contributed by atoms with Crippen molar-refractivity contribution in [2.75, 3.05) is 13.2 Å². The maximum absolute atomic E-state index is 6.15. The lowest BCUT2D eigenvalue weighted by molar-refractivity contribution is -0.228. The molecule has 1 saturated heterocycles. The third-order valence-corrected chi connectivity index (χ3v) is 4.98. The Morgan fingerprint density at radius 3 is 2.26 bits per heavy atom. The molecule has 0 spiro atoms. The van der Waals surface area contributed by atoms with Crippen LogP contribution in [-0.2, 0) is 9.47 Å². The lowest BCUT2D eigenvalue weighted by Crippen LogP contribution is -2.38. The van der Waals surface area contributed by atoms with Gasteiger partial charge in [-0.3, -0.25) is 0 Å². The molecule has 0 amide bonds. The molecule has 2 fully saturated rings.